The van der Waals surface area contributed by atoms with E-state index in [1.807, 2.05) is 0 Å². The first kappa shape index (κ1) is 15.9. The molecule has 0 aromatic rings. The number of hydrogen-bond donors (Lipinski definition) is 1. The molecule has 0 aliphatic rings. The molecule has 0 aliphatic carbocycles. The van der Waals surface area contributed by atoms with Crippen molar-refractivity contribution in [3.05, 3.63) is 0 Å². The van der Waals surface area contributed by atoms with E-state index in [1.54, 1.807) is 0 Å². The zero-order valence-corrected chi connectivity index (χ0v) is 12.2. The fraction of sp³-hybridized carbons (Fsp3) is 1.00. The third kappa shape index (κ3) is 7.24. The Kier molecular flexibility index (Phi) is 8.96. The Bertz CT molecular complexity index is 155. The van der Waals surface area contributed by atoms with Gasteiger partial charge in [0.2, 0.25) is 0 Å². The van der Waals surface area contributed by atoms with Crippen LogP contribution in [0.15, 0.2) is 0 Å². The van der Waals surface area contributed by atoms with E-state index in [4.69, 9.17) is 0 Å². The van der Waals surface area contributed by atoms with E-state index in [1.165, 1.54) is 25.8 Å². The van der Waals surface area contributed by atoms with Crippen molar-refractivity contribution in [1.29, 1.82) is 0 Å². The molecule has 0 rings (SSSR count). The van der Waals surface area contributed by atoms with Crippen LogP contribution in [0.1, 0.15) is 53.9 Å². The highest BCUT2D eigenvalue weighted by molar-refractivity contribution is 4.75. The molecule has 0 fully saturated rings. The van der Waals surface area contributed by atoms with Crippen molar-refractivity contribution >= 4 is 0 Å². The Morgan fingerprint density at radius 2 is 1.69 bits per heavy atom. The molecule has 0 aromatic heterocycles. The minimum Gasteiger partial charge on any atom is -0.313 e. The van der Waals surface area contributed by atoms with Crippen LogP contribution in [0.2, 0.25) is 0 Å². The first-order valence-electron chi connectivity index (χ1n) is 6.92. The molecular formula is C14H32N2. The van der Waals surface area contributed by atoms with Crippen LogP contribution >= 0.6 is 0 Å². The standard InChI is InChI=1S/C14H32N2/c1-7-8-9-10-16(6)14(12(2)3)11-15-13(4)5/h12-15H,7-11H2,1-6H3. The Labute approximate surface area is 103 Å². The van der Waals surface area contributed by atoms with Gasteiger partial charge in [-0.2, -0.15) is 0 Å². The number of nitrogens with one attached hydrogen (secondary N) is 1. The molecule has 1 atom stereocenters. The van der Waals surface area contributed by atoms with Gasteiger partial charge in [0, 0.05) is 18.6 Å². The van der Waals surface area contributed by atoms with E-state index in [0.717, 1.165) is 12.5 Å². The second-order valence-electron chi connectivity index (χ2n) is 5.56. The van der Waals surface area contributed by atoms with E-state index < -0.39 is 0 Å². The zero-order valence-electron chi connectivity index (χ0n) is 12.2. The van der Waals surface area contributed by atoms with Gasteiger partial charge in [0.15, 0.2) is 0 Å². The summed E-state index contributed by atoms with van der Waals surface area (Å²) in [6, 6.07) is 1.25. The van der Waals surface area contributed by atoms with Crippen LogP contribution in [0.4, 0.5) is 0 Å². The van der Waals surface area contributed by atoms with Crippen molar-refractivity contribution in [1.82, 2.24) is 10.2 Å². The fourth-order valence-electron chi connectivity index (χ4n) is 2.03. The predicted octanol–water partition coefficient (Wildman–Crippen LogP) is 3.13. The lowest BCUT2D eigenvalue weighted by Crippen LogP contribution is -2.45. The molecule has 16 heavy (non-hydrogen) atoms. The average Bonchev–Trinajstić information content (AvgIpc) is 2.17. The highest BCUT2D eigenvalue weighted by Gasteiger charge is 2.17. The first-order chi connectivity index (χ1) is 7.49. The molecule has 0 aliphatic heterocycles. The Hall–Kier alpha value is -0.0800. The molecule has 2 heteroatoms. The monoisotopic (exact) mass is 228 g/mol. The summed E-state index contributed by atoms with van der Waals surface area (Å²) in [5.41, 5.74) is 0. The molecule has 0 spiro atoms. The van der Waals surface area contributed by atoms with E-state index >= 15 is 0 Å². The van der Waals surface area contributed by atoms with Crippen LogP contribution in [-0.4, -0.2) is 37.1 Å². The Balaban J connectivity index is 3.98. The molecule has 0 heterocycles. The zero-order chi connectivity index (χ0) is 12.6. The summed E-state index contributed by atoms with van der Waals surface area (Å²) in [4.78, 5) is 2.52. The van der Waals surface area contributed by atoms with Crippen molar-refractivity contribution in [3.8, 4) is 0 Å². The Morgan fingerprint density at radius 3 is 2.12 bits per heavy atom. The van der Waals surface area contributed by atoms with E-state index in [0.29, 0.717) is 12.1 Å². The van der Waals surface area contributed by atoms with Gasteiger partial charge in [-0.05, 0) is 25.9 Å². The molecule has 2 nitrogen and oxygen atoms in total. The number of likely N-dealkylation sites (N-methyl/N-ethyl adjacent to an activating group) is 1. The summed E-state index contributed by atoms with van der Waals surface area (Å²) in [7, 11) is 2.27. The molecule has 0 aromatic carbocycles. The summed E-state index contributed by atoms with van der Waals surface area (Å²) in [6.45, 7) is 13.7. The molecule has 98 valence electrons. The molecular weight excluding hydrogens is 196 g/mol. The Morgan fingerprint density at radius 1 is 1.06 bits per heavy atom. The lowest BCUT2D eigenvalue weighted by molar-refractivity contribution is 0.181. The highest BCUT2D eigenvalue weighted by atomic mass is 15.2. The SMILES string of the molecule is CCCCCN(C)C(CNC(C)C)C(C)C. The maximum Gasteiger partial charge on any atom is 0.0240 e. The largest absolute Gasteiger partial charge is 0.313 e. The van der Waals surface area contributed by atoms with Gasteiger partial charge in [-0.25, -0.2) is 0 Å². The summed E-state index contributed by atoms with van der Waals surface area (Å²) in [5.74, 6) is 0.720. The second-order valence-corrected chi connectivity index (χ2v) is 5.56. The molecule has 0 saturated heterocycles. The lowest BCUT2D eigenvalue weighted by Gasteiger charge is -2.32. The van der Waals surface area contributed by atoms with Crippen molar-refractivity contribution in [2.75, 3.05) is 20.1 Å². The van der Waals surface area contributed by atoms with Crippen LogP contribution in [0, 0.1) is 5.92 Å². The summed E-state index contributed by atoms with van der Waals surface area (Å²) < 4.78 is 0. The lowest BCUT2D eigenvalue weighted by atomic mass is 10.0. The van der Waals surface area contributed by atoms with Gasteiger partial charge < -0.3 is 10.2 Å². The van der Waals surface area contributed by atoms with Crippen LogP contribution < -0.4 is 5.32 Å². The predicted molar refractivity (Wildman–Crippen MR) is 73.9 cm³/mol. The van der Waals surface area contributed by atoms with Crippen molar-refractivity contribution in [2.24, 2.45) is 5.92 Å². The first-order valence-corrected chi connectivity index (χ1v) is 6.92. The van der Waals surface area contributed by atoms with Gasteiger partial charge in [-0.1, -0.05) is 47.5 Å². The number of rotatable bonds is 9. The van der Waals surface area contributed by atoms with Gasteiger partial charge in [0.25, 0.3) is 0 Å². The smallest absolute Gasteiger partial charge is 0.0240 e. The van der Waals surface area contributed by atoms with Gasteiger partial charge in [0.1, 0.15) is 0 Å². The normalized spacial score (nSPS) is 14.1. The summed E-state index contributed by atoms with van der Waals surface area (Å²) in [6.07, 6.45) is 4.00. The minimum atomic E-state index is 0.588. The number of nitrogens with zero attached hydrogens (tertiary/aromatic N) is 1. The topological polar surface area (TPSA) is 15.3 Å². The van der Waals surface area contributed by atoms with Crippen LogP contribution in [-0.2, 0) is 0 Å². The van der Waals surface area contributed by atoms with E-state index in [-0.39, 0.29) is 0 Å². The van der Waals surface area contributed by atoms with Gasteiger partial charge in [0.05, 0.1) is 0 Å². The molecule has 0 amide bonds. The van der Waals surface area contributed by atoms with Gasteiger partial charge in [-0.3, -0.25) is 0 Å². The average molecular weight is 228 g/mol. The van der Waals surface area contributed by atoms with Crippen molar-refractivity contribution in [3.63, 3.8) is 0 Å². The third-order valence-corrected chi connectivity index (χ3v) is 3.19. The summed E-state index contributed by atoms with van der Waals surface area (Å²) >= 11 is 0. The van der Waals surface area contributed by atoms with Gasteiger partial charge >= 0.3 is 0 Å². The number of unbranched alkanes of at least 4 members (excludes halogenated alkanes) is 2. The van der Waals surface area contributed by atoms with Crippen LogP contribution in [0.25, 0.3) is 0 Å². The quantitative estimate of drug-likeness (QED) is 0.610. The van der Waals surface area contributed by atoms with Crippen LogP contribution in [0.3, 0.4) is 0 Å². The van der Waals surface area contributed by atoms with Crippen LogP contribution in [0.5, 0.6) is 0 Å². The third-order valence-electron chi connectivity index (χ3n) is 3.19. The maximum absolute atomic E-state index is 3.56. The van der Waals surface area contributed by atoms with Gasteiger partial charge in [-0.15, -0.1) is 0 Å². The fourth-order valence-corrected chi connectivity index (χ4v) is 2.03. The second kappa shape index (κ2) is 9.00. The van der Waals surface area contributed by atoms with E-state index in [9.17, 15) is 0 Å². The number of hydrogen-bond acceptors (Lipinski definition) is 2. The van der Waals surface area contributed by atoms with Crippen molar-refractivity contribution < 1.29 is 0 Å². The summed E-state index contributed by atoms with van der Waals surface area (Å²) in [5, 5.41) is 3.56. The minimum absolute atomic E-state index is 0.588. The molecule has 0 bridgehead atoms. The van der Waals surface area contributed by atoms with E-state index in [2.05, 4.69) is 51.9 Å². The van der Waals surface area contributed by atoms with Crippen molar-refractivity contribution in [2.45, 2.75) is 66.0 Å². The molecule has 0 saturated carbocycles. The molecule has 1 N–H and O–H groups in total. The highest BCUT2D eigenvalue weighted by Crippen LogP contribution is 2.10. The maximum atomic E-state index is 3.56. The molecule has 1 unspecified atom stereocenters. The molecule has 0 radical (unpaired) electrons.